The summed E-state index contributed by atoms with van der Waals surface area (Å²) in [7, 11) is 5.37. The summed E-state index contributed by atoms with van der Waals surface area (Å²) in [5.41, 5.74) is 1.38. The smallest absolute Gasteiger partial charge is 0.193 e. The molecule has 6 nitrogen and oxygen atoms in total. The van der Waals surface area contributed by atoms with E-state index in [0.717, 1.165) is 63.5 Å². The molecule has 3 rings (SSSR count). The maximum Gasteiger partial charge on any atom is 0.193 e. The summed E-state index contributed by atoms with van der Waals surface area (Å²) in [6.45, 7) is 5.86. The molecule has 2 fully saturated rings. The second-order valence-corrected chi connectivity index (χ2v) is 7.44. The number of hydrogen-bond acceptors (Lipinski definition) is 4. The van der Waals surface area contributed by atoms with Crippen LogP contribution in [-0.2, 0) is 4.74 Å². The summed E-state index contributed by atoms with van der Waals surface area (Å²) in [5, 5.41) is 3.56. The summed E-state index contributed by atoms with van der Waals surface area (Å²) < 4.78 is 10.5. The molecule has 1 aliphatic carbocycles. The molecule has 1 saturated heterocycles. The predicted octanol–water partition coefficient (Wildman–Crippen LogP) is 2.79. The minimum absolute atomic E-state index is 0. The zero-order valence-corrected chi connectivity index (χ0v) is 19.7. The second-order valence-electron chi connectivity index (χ2n) is 7.44. The Labute approximate surface area is 186 Å². The molecule has 28 heavy (non-hydrogen) atoms. The number of benzene rings is 1. The molecule has 0 spiro atoms. The molecule has 0 bridgehead atoms. The van der Waals surface area contributed by atoms with E-state index in [1.807, 2.05) is 7.05 Å². The van der Waals surface area contributed by atoms with Gasteiger partial charge >= 0.3 is 0 Å². The number of likely N-dealkylation sites (tertiary alicyclic amines) is 1. The normalized spacial score (nSPS) is 19.6. The average molecular weight is 502 g/mol. The van der Waals surface area contributed by atoms with Gasteiger partial charge in [-0.15, -0.1) is 24.0 Å². The number of nitrogens with zero attached hydrogens (tertiary/aromatic N) is 3. The maximum atomic E-state index is 5.27. The largest absolute Gasteiger partial charge is 0.497 e. The van der Waals surface area contributed by atoms with Crippen molar-refractivity contribution in [2.75, 3.05) is 60.6 Å². The number of halogens is 1. The van der Waals surface area contributed by atoms with E-state index in [1.54, 1.807) is 14.2 Å². The lowest BCUT2D eigenvalue weighted by Crippen LogP contribution is -2.44. The highest BCUT2D eigenvalue weighted by Gasteiger charge is 2.29. The Bertz CT molecular complexity index is 607. The Morgan fingerprint density at radius 2 is 1.93 bits per heavy atom. The Kier molecular flexibility index (Phi) is 9.81. The Hall–Kier alpha value is -1.06. The predicted molar refractivity (Wildman–Crippen MR) is 125 cm³/mol. The van der Waals surface area contributed by atoms with Gasteiger partial charge in [-0.1, -0.05) is 12.1 Å². The number of aliphatic imine (C=N–C) groups is 1. The third-order valence-corrected chi connectivity index (χ3v) is 5.61. The first-order valence-electron chi connectivity index (χ1n) is 10.1. The molecular formula is C21H35IN4O2. The number of hydrogen-bond donors (Lipinski definition) is 1. The van der Waals surface area contributed by atoms with E-state index in [9.17, 15) is 0 Å². The third-order valence-electron chi connectivity index (χ3n) is 5.61. The van der Waals surface area contributed by atoms with Crippen molar-refractivity contribution in [2.45, 2.75) is 31.2 Å². The van der Waals surface area contributed by atoms with Crippen LogP contribution in [0.5, 0.6) is 5.75 Å². The van der Waals surface area contributed by atoms with E-state index in [2.05, 4.69) is 44.4 Å². The van der Waals surface area contributed by atoms with Crippen molar-refractivity contribution >= 4 is 29.9 Å². The van der Waals surface area contributed by atoms with Crippen LogP contribution in [0.25, 0.3) is 0 Å². The standard InChI is InChI=1S/C21H34N4O2.HI/c1-22-21(23-11-13-24(14-15-26-2)19-6-7-19)25-12-10-18(16-25)17-4-8-20(27-3)9-5-17;/h4-5,8-9,18-19H,6-7,10-16H2,1-3H3,(H,22,23);1H. The first kappa shape index (κ1) is 23.2. The zero-order chi connectivity index (χ0) is 19.1. The Morgan fingerprint density at radius 3 is 2.54 bits per heavy atom. The molecule has 1 unspecified atom stereocenters. The Balaban J connectivity index is 0.00000280. The molecule has 0 aromatic heterocycles. The van der Waals surface area contributed by atoms with E-state index < -0.39 is 0 Å². The lowest BCUT2D eigenvalue weighted by atomic mass is 9.98. The van der Waals surface area contributed by atoms with E-state index in [4.69, 9.17) is 9.47 Å². The van der Waals surface area contributed by atoms with Gasteiger partial charge < -0.3 is 19.7 Å². The van der Waals surface area contributed by atoms with Crippen LogP contribution in [0.4, 0.5) is 0 Å². The van der Waals surface area contributed by atoms with Crippen LogP contribution in [0.15, 0.2) is 29.3 Å². The lowest BCUT2D eigenvalue weighted by molar-refractivity contribution is 0.144. The van der Waals surface area contributed by atoms with E-state index in [1.165, 1.54) is 18.4 Å². The molecule has 1 atom stereocenters. The zero-order valence-electron chi connectivity index (χ0n) is 17.4. The van der Waals surface area contributed by atoms with Crippen LogP contribution in [0.1, 0.15) is 30.7 Å². The summed E-state index contributed by atoms with van der Waals surface area (Å²) in [5.74, 6) is 2.49. The van der Waals surface area contributed by atoms with Crippen molar-refractivity contribution in [3.8, 4) is 5.75 Å². The van der Waals surface area contributed by atoms with Crippen molar-refractivity contribution in [2.24, 2.45) is 4.99 Å². The van der Waals surface area contributed by atoms with Crippen molar-refractivity contribution < 1.29 is 9.47 Å². The molecule has 1 N–H and O–H groups in total. The number of rotatable bonds is 9. The number of guanidine groups is 1. The molecule has 1 heterocycles. The van der Waals surface area contributed by atoms with Gasteiger partial charge in [0.05, 0.1) is 13.7 Å². The van der Waals surface area contributed by atoms with Crippen molar-refractivity contribution in [3.05, 3.63) is 29.8 Å². The van der Waals surface area contributed by atoms with Gasteiger partial charge in [-0.3, -0.25) is 9.89 Å². The van der Waals surface area contributed by atoms with Gasteiger partial charge in [0.2, 0.25) is 0 Å². The van der Waals surface area contributed by atoms with Crippen molar-refractivity contribution in [1.82, 2.24) is 15.1 Å². The van der Waals surface area contributed by atoms with Crippen molar-refractivity contribution in [3.63, 3.8) is 0 Å². The summed E-state index contributed by atoms with van der Waals surface area (Å²) >= 11 is 0. The summed E-state index contributed by atoms with van der Waals surface area (Å²) in [4.78, 5) is 9.43. The van der Waals surface area contributed by atoms with Gasteiger partial charge in [0, 0.05) is 58.8 Å². The molecule has 2 aliphatic rings. The topological polar surface area (TPSA) is 49.3 Å². The molecule has 0 radical (unpaired) electrons. The van der Waals surface area contributed by atoms with E-state index in [-0.39, 0.29) is 24.0 Å². The van der Waals surface area contributed by atoms with E-state index >= 15 is 0 Å². The minimum atomic E-state index is 0. The van der Waals surface area contributed by atoms with Gasteiger partial charge in [0.15, 0.2) is 5.96 Å². The molecule has 1 aromatic rings. The number of ether oxygens (including phenoxy) is 2. The fourth-order valence-electron chi connectivity index (χ4n) is 3.87. The van der Waals surface area contributed by atoms with Crippen LogP contribution >= 0.6 is 24.0 Å². The van der Waals surface area contributed by atoms with Gasteiger partial charge in [0.25, 0.3) is 0 Å². The lowest BCUT2D eigenvalue weighted by Gasteiger charge is -2.25. The maximum absolute atomic E-state index is 5.27. The highest BCUT2D eigenvalue weighted by molar-refractivity contribution is 14.0. The molecule has 7 heteroatoms. The van der Waals surface area contributed by atoms with Crippen LogP contribution in [0.2, 0.25) is 0 Å². The van der Waals surface area contributed by atoms with Gasteiger partial charge in [-0.2, -0.15) is 0 Å². The molecule has 158 valence electrons. The molecule has 1 saturated carbocycles. The van der Waals surface area contributed by atoms with Crippen LogP contribution < -0.4 is 10.1 Å². The fraction of sp³-hybridized carbons (Fsp3) is 0.667. The number of methoxy groups -OCH3 is 2. The van der Waals surface area contributed by atoms with E-state index in [0.29, 0.717) is 5.92 Å². The van der Waals surface area contributed by atoms with Gasteiger partial charge in [-0.25, -0.2) is 0 Å². The SMILES string of the molecule is CN=C(NCCN(CCOC)C1CC1)N1CCC(c2ccc(OC)cc2)C1.I. The van der Waals surface area contributed by atoms with Gasteiger partial charge in [0.1, 0.15) is 5.75 Å². The first-order valence-corrected chi connectivity index (χ1v) is 10.1. The van der Waals surface area contributed by atoms with Crippen LogP contribution in [0, 0.1) is 0 Å². The molecule has 1 aromatic carbocycles. The Morgan fingerprint density at radius 1 is 1.18 bits per heavy atom. The van der Waals surface area contributed by atoms with Crippen LogP contribution in [-0.4, -0.2) is 82.4 Å². The summed E-state index contributed by atoms with van der Waals surface area (Å²) in [6, 6.07) is 9.24. The van der Waals surface area contributed by atoms with Crippen LogP contribution in [0.3, 0.4) is 0 Å². The minimum Gasteiger partial charge on any atom is -0.497 e. The summed E-state index contributed by atoms with van der Waals surface area (Å²) in [6.07, 6.45) is 3.82. The second kappa shape index (κ2) is 11.8. The third kappa shape index (κ3) is 6.49. The average Bonchev–Trinajstić information content (AvgIpc) is 3.44. The van der Waals surface area contributed by atoms with Gasteiger partial charge in [-0.05, 0) is 37.0 Å². The first-order chi connectivity index (χ1) is 13.2. The molecule has 1 aliphatic heterocycles. The highest BCUT2D eigenvalue weighted by atomic mass is 127. The number of nitrogens with one attached hydrogen (secondary N) is 1. The quantitative estimate of drug-likeness (QED) is 0.320. The monoisotopic (exact) mass is 502 g/mol. The molecule has 0 amide bonds. The molecular weight excluding hydrogens is 467 g/mol. The van der Waals surface area contributed by atoms with Crippen molar-refractivity contribution in [1.29, 1.82) is 0 Å². The fourth-order valence-corrected chi connectivity index (χ4v) is 3.87. The highest BCUT2D eigenvalue weighted by Crippen LogP contribution is 2.28.